The summed E-state index contributed by atoms with van der Waals surface area (Å²) in [6.07, 6.45) is 4.61. The van der Waals surface area contributed by atoms with Crippen LogP contribution in [-0.4, -0.2) is 66.1 Å². The van der Waals surface area contributed by atoms with Crippen LogP contribution >= 0.6 is 0 Å². The number of likely N-dealkylation sites (N-methyl/N-ethyl adjacent to an activating group) is 1. The van der Waals surface area contributed by atoms with E-state index in [1.54, 1.807) is 24.3 Å². The largest absolute Gasteiger partial charge is 0.368 e. The standard InChI is InChI=1S/C28H30N6O3.3C3H8/c1-30-16-5-17-31-27(36)20-10-8-19(9-11-20)26-23-6-3-4-7-24(23)34(32-26)22-14-12-21(13-15-22)28(37)33(2)18-25(29)35;3*1-3-2/h3-4,6-15,30H,5,16-18H2,1-2H3,(H2,29,35)(H,31,36);3*3H2,1-2H3. The normalized spacial score (nSPS) is 9.91. The lowest BCUT2D eigenvalue weighted by molar-refractivity contribution is -0.118. The van der Waals surface area contributed by atoms with Crippen LogP contribution in [0.25, 0.3) is 27.8 Å². The summed E-state index contributed by atoms with van der Waals surface area (Å²) in [5, 5.41) is 11.8. The molecule has 0 saturated heterocycles. The summed E-state index contributed by atoms with van der Waals surface area (Å²) in [6, 6.07) is 22.3. The molecule has 3 aromatic carbocycles. The predicted octanol–water partition coefficient (Wildman–Crippen LogP) is 6.84. The van der Waals surface area contributed by atoms with Crippen LogP contribution in [0, 0.1) is 0 Å². The summed E-state index contributed by atoms with van der Waals surface area (Å²) < 4.78 is 1.83. The number of carbonyl (C=O) groups is 3. The fourth-order valence-electron chi connectivity index (χ4n) is 4.10. The molecule has 0 aliphatic heterocycles. The molecule has 9 nitrogen and oxygen atoms in total. The first-order chi connectivity index (χ1) is 22.1. The zero-order valence-electron chi connectivity index (χ0n) is 29.0. The zero-order chi connectivity index (χ0) is 34.5. The summed E-state index contributed by atoms with van der Waals surface area (Å²) in [5.74, 6) is -0.960. The number of aromatic nitrogens is 2. The first-order valence-corrected chi connectivity index (χ1v) is 16.3. The Morgan fingerprint density at radius 3 is 1.87 bits per heavy atom. The molecule has 250 valence electrons. The minimum atomic E-state index is -0.568. The number of nitrogens with zero attached hydrogens (tertiary/aromatic N) is 3. The van der Waals surface area contributed by atoms with Crippen molar-refractivity contribution in [1.82, 2.24) is 25.3 Å². The maximum atomic E-state index is 12.6. The van der Waals surface area contributed by atoms with Crippen LogP contribution < -0.4 is 16.4 Å². The molecule has 4 aromatic rings. The highest BCUT2D eigenvalue weighted by atomic mass is 16.2. The Labute approximate surface area is 275 Å². The van der Waals surface area contributed by atoms with E-state index in [4.69, 9.17) is 10.8 Å². The molecule has 0 saturated carbocycles. The Balaban J connectivity index is 0.00000105. The van der Waals surface area contributed by atoms with Gasteiger partial charge in [0.25, 0.3) is 11.8 Å². The van der Waals surface area contributed by atoms with Crippen LogP contribution in [0.2, 0.25) is 0 Å². The highest BCUT2D eigenvalue weighted by Gasteiger charge is 2.16. The van der Waals surface area contributed by atoms with E-state index in [0.717, 1.165) is 40.8 Å². The van der Waals surface area contributed by atoms with Gasteiger partial charge in [0.2, 0.25) is 5.91 Å². The Kier molecular flexibility index (Phi) is 19.0. The fraction of sp³-hybridized carbons (Fsp3) is 0.405. The van der Waals surface area contributed by atoms with Gasteiger partial charge in [-0.05, 0) is 62.5 Å². The number of hydrogen-bond donors (Lipinski definition) is 3. The zero-order valence-corrected chi connectivity index (χ0v) is 29.0. The summed E-state index contributed by atoms with van der Waals surface area (Å²) in [6.45, 7) is 14.1. The summed E-state index contributed by atoms with van der Waals surface area (Å²) in [5.41, 5.74) is 9.62. The average molecular weight is 631 g/mol. The van der Waals surface area contributed by atoms with Crippen molar-refractivity contribution in [2.75, 3.05) is 33.7 Å². The summed E-state index contributed by atoms with van der Waals surface area (Å²) in [7, 11) is 3.42. The highest BCUT2D eigenvalue weighted by molar-refractivity contribution is 5.98. The van der Waals surface area contributed by atoms with Gasteiger partial charge in [-0.2, -0.15) is 5.10 Å². The summed E-state index contributed by atoms with van der Waals surface area (Å²) >= 11 is 0. The van der Waals surface area contributed by atoms with Gasteiger partial charge < -0.3 is 21.3 Å². The molecule has 0 unspecified atom stereocenters. The number of nitrogens with one attached hydrogen (secondary N) is 2. The lowest BCUT2D eigenvalue weighted by Crippen LogP contribution is -2.35. The van der Waals surface area contributed by atoms with Gasteiger partial charge in [-0.1, -0.05) is 91.1 Å². The maximum absolute atomic E-state index is 12.6. The number of amides is 3. The van der Waals surface area contributed by atoms with E-state index in [2.05, 4.69) is 52.2 Å². The number of carbonyl (C=O) groups excluding carboxylic acids is 3. The SMILES string of the molecule is CCC.CCC.CCC.CNCCCNC(=O)c1ccc(-c2nn(-c3ccc(C(=O)N(C)CC(N)=O)cc3)c3ccccc23)cc1. The molecular formula is C37H54N6O3. The van der Waals surface area contributed by atoms with Crippen LogP contribution in [0.15, 0.2) is 72.8 Å². The van der Waals surface area contributed by atoms with Crippen molar-refractivity contribution in [3.05, 3.63) is 83.9 Å². The van der Waals surface area contributed by atoms with Gasteiger partial charge in [0, 0.05) is 35.7 Å². The number of rotatable bonds is 10. The minimum absolute atomic E-state index is 0.103. The lowest BCUT2D eigenvalue weighted by Gasteiger charge is -2.15. The van der Waals surface area contributed by atoms with Crippen molar-refractivity contribution in [3.63, 3.8) is 0 Å². The Bertz CT molecular complexity index is 1460. The van der Waals surface area contributed by atoms with E-state index in [-0.39, 0.29) is 18.4 Å². The molecular weight excluding hydrogens is 576 g/mol. The quantitative estimate of drug-likeness (QED) is 0.166. The number of primary amides is 1. The minimum Gasteiger partial charge on any atom is -0.368 e. The molecule has 0 radical (unpaired) electrons. The second kappa shape index (κ2) is 22.1. The Morgan fingerprint density at radius 1 is 0.783 bits per heavy atom. The molecule has 0 aliphatic rings. The van der Waals surface area contributed by atoms with Crippen LogP contribution in [0.3, 0.4) is 0 Å². The van der Waals surface area contributed by atoms with Crippen molar-refractivity contribution in [1.29, 1.82) is 0 Å². The number of benzene rings is 3. The van der Waals surface area contributed by atoms with Crippen molar-refractivity contribution in [3.8, 4) is 16.9 Å². The molecule has 0 atom stereocenters. The summed E-state index contributed by atoms with van der Waals surface area (Å²) in [4.78, 5) is 37.4. The van der Waals surface area contributed by atoms with Gasteiger partial charge in [0.15, 0.2) is 0 Å². The second-order valence-corrected chi connectivity index (χ2v) is 10.9. The molecule has 0 spiro atoms. The monoisotopic (exact) mass is 630 g/mol. The van der Waals surface area contributed by atoms with E-state index < -0.39 is 5.91 Å². The third kappa shape index (κ3) is 12.5. The lowest BCUT2D eigenvalue weighted by atomic mass is 10.1. The molecule has 4 rings (SSSR count). The average Bonchev–Trinajstić information content (AvgIpc) is 3.43. The van der Waals surface area contributed by atoms with Crippen LogP contribution in [0.5, 0.6) is 0 Å². The van der Waals surface area contributed by atoms with Gasteiger partial charge >= 0.3 is 0 Å². The first-order valence-electron chi connectivity index (χ1n) is 16.3. The molecule has 0 aliphatic carbocycles. The van der Waals surface area contributed by atoms with Crippen molar-refractivity contribution < 1.29 is 14.4 Å². The first kappa shape index (κ1) is 39.5. The van der Waals surface area contributed by atoms with Gasteiger partial charge in [-0.3, -0.25) is 14.4 Å². The molecule has 0 bridgehead atoms. The third-order valence-corrected chi connectivity index (χ3v) is 6.00. The van der Waals surface area contributed by atoms with E-state index >= 15 is 0 Å². The molecule has 0 fully saturated rings. The van der Waals surface area contributed by atoms with Crippen molar-refractivity contribution >= 4 is 28.6 Å². The van der Waals surface area contributed by atoms with Crippen LogP contribution in [0.4, 0.5) is 0 Å². The van der Waals surface area contributed by atoms with E-state index in [1.165, 1.54) is 31.2 Å². The molecule has 1 aromatic heterocycles. The molecule has 46 heavy (non-hydrogen) atoms. The highest BCUT2D eigenvalue weighted by Crippen LogP contribution is 2.30. The van der Waals surface area contributed by atoms with Gasteiger partial charge in [0.1, 0.15) is 5.69 Å². The Morgan fingerprint density at radius 2 is 1.33 bits per heavy atom. The van der Waals surface area contributed by atoms with E-state index in [0.29, 0.717) is 17.7 Å². The van der Waals surface area contributed by atoms with Gasteiger partial charge in [0.05, 0.1) is 17.7 Å². The van der Waals surface area contributed by atoms with Crippen LogP contribution in [-0.2, 0) is 4.79 Å². The number of para-hydroxylation sites is 1. The second-order valence-electron chi connectivity index (χ2n) is 10.9. The maximum Gasteiger partial charge on any atom is 0.254 e. The van der Waals surface area contributed by atoms with E-state index in [1.807, 2.05) is 60.3 Å². The molecule has 1 heterocycles. The Hall–Kier alpha value is -4.50. The molecule has 4 N–H and O–H groups in total. The molecule has 9 heteroatoms. The molecule has 3 amide bonds. The topological polar surface area (TPSA) is 122 Å². The van der Waals surface area contributed by atoms with Crippen molar-refractivity contribution in [2.45, 2.75) is 67.2 Å². The van der Waals surface area contributed by atoms with Gasteiger partial charge in [-0.15, -0.1) is 0 Å². The van der Waals surface area contributed by atoms with E-state index in [9.17, 15) is 14.4 Å². The predicted molar refractivity (Wildman–Crippen MR) is 191 cm³/mol. The number of nitrogens with two attached hydrogens (primary N) is 1. The number of hydrogen-bond acceptors (Lipinski definition) is 5. The smallest absolute Gasteiger partial charge is 0.254 e. The van der Waals surface area contributed by atoms with Crippen LogP contribution in [0.1, 0.15) is 87.9 Å². The number of fused-ring (bicyclic) bond motifs is 1. The van der Waals surface area contributed by atoms with Gasteiger partial charge in [-0.25, -0.2) is 4.68 Å². The fourth-order valence-corrected chi connectivity index (χ4v) is 4.10. The third-order valence-electron chi connectivity index (χ3n) is 6.00. The van der Waals surface area contributed by atoms with Crippen molar-refractivity contribution in [2.24, 2.45) is 5.73 Å².